The standard InChI is InChI=1S/C13H26N2O3/c1-4-13(3,15-6-8-17-9-7-15)11(10-14)12(16)18-5-2/h11H,4-10,14H2,1-3H3/t11-,13+/m0/s1. The number of hydrogen-bond acceptors (Lipinski definition) is 5. The number of esters is 1. The van der Waals surface area contributed by atoms with E-state index in [2.05, 4.69) is 18.7 Å². The van der Waals surface area contributed by atoms with Crippen LogP contribution in [0.5, 0.6) is 0 Å². The van der Waals surface area contributed by atoms with Crippen molar-refractivity contribution in [1.29, 1.82) is 0 Å². The van der Waals surface area contributed by atoms with Gasteiger partial charge in [-0.2, -0.15) is 0 Å². The van der Waals surface area contributed by atoms with Gasteiger partial charge in [0.15, 0.2) is 0 Å². The van der Waals surface area contributed by atoms with Crippen LogP contribution >= 0.6 is 0 Å². The predicted molar refractivity (Wildman–Crippen MR) is 70.3 cm³/mol. The van der Waals surface area contributed by atoms with E-state index in [-0.39, 0.29) is 17.4 Å². The molecule has 0 aromatic heterocycles. The van der Waals surface area contributed by atoms with E-state index in [9.17, 15) is 4.79 Å². The van der Waals surface area contributed by atoms with Crippen LogP contribution in [0.4, 0.5) is 0 Å². The molecule has 1 saturated heterocycles. The zero-order chi connectivity index (χ0) is 13.6. The monoisotopic (exact) mass is 258 g/mol. The third-order valence-electron chi connectivity index (χ3n) is 4.01. The number of nitrogens with two attached hydrogens (primary N) is 1. The summed E-state index contributed by atoms with van der Waals surface area (Å²) in [4.78, 5) is 14.4. The average Bonchev–Trinajstić information content (AvgIpc) is 2.40. The minimum atomic E-state index is -0.277. The molecule has 0 aliphatic carbocycles. The summed E-state index contributed by atoms with van der Waals surface area (Å²) in [6.45, 7) is 9.87. The molecule has 0 bridgehead atoms. The fourth-order valence-electron chi connectivity index (χ4n) is 2.61. The summed E-state index contributed by atoms with van der Waals surface area (Å²) in [7, 11) is 0. The van der Waals surface area contributed by atoms with E-state index >= 15 is 0 Å². The van der Waals surface area contributed by atoms with E-state index < -0.39 is 0 Å². The maximum atomic E-state index is 12.1. The number of ether oxygens (including phenoxy) is 2. The number of carbonyl (C=O) groups is 1. The van der Waals surface area contributed by atoms with Crippen LogP contribution in [-0.2, 0) is 14.3 Å². The first-order valence-corrected chi connectivity index (χ1v) is 6.79. The van der Waals surface area contributed by atoms with Crippen molar-refractivity contribution in [2.45, 2.75) is 32.7 Å². The molecule has 106 valence electrons. The highest BCUT2D eigenvalue weighted by Gasteiger charge is 2.42. The second-order valence-electron chi connectivity index (χ2n) is 4.85. The van der Waals surface area contributed by atoms with Gasteiger partial charge in [-0.15, -0.1) is 0 Å². The molecule has 5 nitrogen and oxygen atoms in total. The highest BCUT2D eigenvalue weighted by atomic mass is 16.5. The number of nitrogens with zero attached hydrogens (tertiary/aromatic N) is 1. The molecule has 0 aromatic carbocycles. The molecule has 0 radical (unpaired) electrons. The third kappa shape index (κ3) is 3.22. The highest BCUT2D eigenvalue weighted by Crippen LogP contribution is 2.30. The maximum Gasteiger partial charge on any atom is 0.312 e. The highest BCUT2D eigenvalue weighted by molar-refractivity contribution is 5.74. The van der Waals surface area contributed by atoms with Crippen LogP contribution < -0.4 is 5.73 Å². The summed E-state index contributed by atoms with van der Waals surface area (Å²) >= 11 is 0. The summed E-state index contributed by atoms with van der Waals surface area (Å²) in [5.74, 6) is -0.462. The predicted octanol–water partition coefficient (Wildman–Crippen LogP) is 0.625. The molecule has 0 aromatic rings. The summed E-state index contributed by atoms with van der Waals surface area (Å²) < 4.78 is 10.5. The SMILES string of the molecule is CCOC(=O)[C@H](CN)[C@@](C)(CC)N1CCOCC1. The molecule has 18 heavy (non-hydrogen) atoms. The fraction of sp³-hybridized carbons (Fsp3) is 0.923. The van der Waals surface area contributed by atoms with Crippen LogP contribution in [0.1, 0.15) is 27.2 Å². The first-order chi connectivity index (χ1) is 8.60. The molecule has 0 spiro atoms. The molecular formula is C13H26N2O3. The van der Waals surface area contributed by atoms with Gasteiger partial charge in [-0.1, -0.05) is 6.92 Å². The fourth-order valence-corrected chi connectivity index (χ4v) is 2.61. The Labute approximate surface area is 110 Å². The summed E-state index contributed by atoms with van der Waals surface area (Å²) in [5, 5.41) is 0. The minimum Gasteiger partial charge on any atom is -0.466 e. The molecule has 0 saturated carbocycles. The molecule has 1 aliphatic rings. The third-order valence-corrected chi connectivity index (χ3v) is 4.01. The van der Waals surface area contributed by atoms with Crippen LogP contribution in [0.15, 0.2) is 0 Å². The van der Waals surface area contributed by atoms with E-state index in [1.54, 1.807) is 0 Å². The minimum absolute atomic E-state index is 0.184. The van der Waals surface area contributed by atoms with Gasteiger partial charge in [0.05, 0.1) is 25.7 Å². The van der Waals surface area contributed by atoms with E-state index in [0.717, 1.165) is 32.7 Å². The molecular weight excluding hydrogens is 232 g/mol. The number of morpholine rings is 1. The van der Waals surface area contributed by atoms with Crippen LogP contribution in [0.3, 0.4) is 0 Å². The quantitative estimate of drug-likeness (QED) is 0.708. The number of carbonyl (C=O) groups excluding carboxylic acids is 1. The smallest absolute Gasteiger partial charge is 0.312 e. The normalized spacial score (nSPS) is 22.2. The van der Waals surface area contributed by atoms with Gasteiger partial charge in [-0.25, -0.2) is 0 Å². The summed E-state index contributed by atoms with van der Waals surface area (Å²) in [5.41, 5.74) is 5.57. The van der Waals surface area contributed by atoms with E-state index in [4.69, 9.17) is 15.2 Å². The zero-order valence-electron chi connectivity index (χ0n) is 11.8. The Balaban J connectivity index is 2.84. The van der Waals surface area contributed by atoms with Crippen LogP contribution in [0.2, 0.25) is 0 Å². The average molecular weight is 258 g/mol. The molecule has 1 rings (SSSR count). The van der Waals surface area contributed by atoms with Gasteiger partial charge in [0.25, 0.3) is 0 Å². The molecule has 2 N–H and O–H groups in total. The van der Waals surface area contributed by atoms with E-state index in [1.807, 2.05) is 6.92 Å². The van der Waals surface area contributed by atoms with Gasteiger partial charge in [-0.3, -0.25) is 9.69 Å². The largest absolute Gasteiger partial charge is 0.466 e. The second kappa shape index (κ2) is 7.07. The van der Waals surface area contributed by atoms with Crippen LogP contribution in [0.25, 0.3) is 0 Å². The van der Waals surface area contributed by atoms with Gasteiger partial charge in [0.2, 0.25) is 0 Å². The molecule has 0 amide bonds. The molecule has 1 aliphatic heterocycles. The maximum absolute atomic E-state index is 12.1. The lowest BCUT2D eigenvalue weighted by Gasteiger charge is -2.46. The molecule has 2 atom stereocenters. The van der Waals surface area contributed by atoms with Gasteiger partial charge in [-0.05, 0) is 20.3 Å². The van der Waals surface area contributed by atoms with E-state index in [0.29, 0.717) is 13.2 Å². The van der Waals surface area contributed by atoms with Crippen molar-refractivity contribution >= 4 is 5.97 Å². The molecule has 5 heteroatoms. The Hall–Kier alpha value is -0.650. The van der Waals surface area contributed by atoms with Crippen LogP contribution in [-0.4, -0.2) is 55.9 Å². The van der Waals surface area contributed by atoms with Gasteiger partial charge in [0.1, 0.15) is 0 Å². The Morgan fingerprint density at radius 2 is 2.06 bits per heavy atom. The van der Waals surface area contributed by atoms with Crippen LogP contribution in [0, 0.1) is 5.92 Å². The van der Waals surface area contributed by atoms with Crippen molar-refractivity contribution in [3.63, 3.8) is 0 Å². The first kappa shape index (κ1) is 15.4. The van der Waals surface area contributed by atoms with Gasteiger partial charge in [0, 0.05) is 25.2 Å². The van der Waals surface area contributed by atoms with E-state index in [1.165, 1.54) is 0 Å². The lowest BCUT2D eigenvalue weighted by molar-refractivity contribution is -0.155. The van der Waals surface area contributed by atoms with Crippen molar-refractivity contribution < 1.29 is 14.3 Å². The number of hydrogen-bond donors (Lipinski definition) is 1. The van der Waals surface area contributed by atoms with Crippen molar-refractivity contribution in [3.05, 3.63) is 0 Å². The van der Waals surface area contributed by atoms with Crippen molar-refractivity contribution in [2.75, 3.05) is 39.5 Å². The topological polar surface area (TPSA) is 64.8 Å². The van der Waals surface area contributed by atoms with Crippen molar-refractivity contribution in [3.8, 4) is 0 Å². The van der Waals surface area contributed by atoms with Gasteiger partial charge >= 0.3 is 5.97 Å². The Bertz CT molecular complexity index is 267. The molecule has 1 fully saturated rings. The Morgan fingerprint density at radius 3 is 2.50 bits per heavy atom. The Morgan fingerprint density at radius 1 is 1.44 bits per heavy atom. The molecule has 0 unspecified atom stereocenters. The number of rotatable bonds is 6. The van der Waals surface area contributed by atoms with Crippen molar-refractivity contribution in [1.82, 2.24) is 4.90 Å². The summed E-state index contributed by atoms with van der Waals surface area (Å²) in [6, 6.07) is 0. The lowest BCUT2D eigenvalue weighted by Crippen LogP contribution is -2.59. The Kier molecular flexibility index (Phi) is 6.05. The van der Waals surface area contributed by atoms with Crippen molar-refractivity contribution in [2.24, 2.45) is 11.7 Å². The zero-order valence-corrected chi connectivity index (χ0v) is 11.8. The first-order valence-electron chi connectivity index (χ1n) is 6.79. The second-order valence-corrected chi connectivity index (χ2v) is 4.85. The van der Waals surface area contributed by atoms with Gasteiger partial charge < -0.3 is 15.2 Å². The summed E-state index contributed by atoms with van der Waals surface area (Å²) in [6.07, 6.45) is 0.869. The molecule has 1 heterocycles. The lowest BCUT2D eigenvalue weighted by atomic mass is 9.81.